The Morgan fingerprint density at radius 1 is 1.53 bits per heavy atom. The van der Waals surface area contributed by atoms with E-state index in [0.29, 0.717) is 15.7 Å². The topological polar surface area (TPSA) is 33.2 Å². The SMILES string of the molecule is CCC(C)c1nc(N(C)CC(F)F)sc1C=O. The second-order valence-electron chi connectivity index (χ2n) is 3.94. The lowest BCUT2D eigenvalue weighted by Crippen LogP contribution is -2.23. The van der Waals surface area contributed by atoms with Crippen molar-refractivity contribution < 1.29 is 13.6 Å². The normalized spacial score (nSPS) is 12.8. The van der Waals surface area contributed by atoms with Crippen LogP contribution >= 0.6 is 11.3 Å². The van der Waals surface area contributed by atoms with Gasteiger partial charge in [0.15, 0.2) is 11.4 Å². The van der Waals surface area contributed by atoms with Gasteiger partial charge in [0, 0.05) is 7.05 Å². The summed E-state index contributed by atoms with van der Waals surface area (Å²) in [7, 11) is 1.56. The Balaban J connectivity index is 2.95. The molecule has 0 bridgehead atoms. The molecule has 0 N–H and O–H groups in total. The Kier molecular flexibility index (Phi) is 4.99. The van der Waals surface area contributed by atoms with Crippen LogP contribution in [0.2, 0.25) is 0 Å². The molecule has 0 fully saturated rings. The van der Waals surface area contributed by atoms with Crippen LogP contribution in [-0.4, -0.2) is 31.3 Å². The Bertz CT molecular complexity index is 382. The van der Waals surface area contributed by atoms with E-state index in [-0.39, 0.29) is 12.5 Å². The number of rotatable bonds is 6. The molecule has 0 aliphatic rings. The van der Waals surface area contributed by atoms with Crippen LogP contribution in [0.1, 0.15) is 41.6 Å². The number of carbonyl (C=O) groups is 1. The Labute approximate surface area is 103 Å². The van der Waals surface area contributed by atoms with E-state index in [1.807, 2.05) is 13.8 Å². The Morgan fingerprint density at radius 3 is 2.65 bits per heavy atom. The van der Waals surface area contributed by atoms with Crippen LogP contribution in [0.15, 0.2) is 0 Å². The number of carbonyl (C=O) groups excluding carboxylic acids is 1. The highest BCUT2D eigenvalue weighted by atomic mass is 32.1. The van der Waals surface area contributed by atoms with E-state index in [9.17, 15) is 13.6 Å². The summed E-state index contributed by atoms with van der Waals surface area (Å²) in [6, 6.07) is 0. The molecule has 1 aromatic rings. The van der Waals surface area contributed by atoms with E-state index in [0.717, 1.165) is 12.7 Å². The summed E-state index contributed by atoms with van der Waals surface area (Å²) in [5.74, 6) is 0.167. The van der Waals surface area contributed by atoms with Gasteiger partial charge < -0.3 is 4.90 Å². The molecule has 0 radical (unpaired) electrons. The lowest BCUT2D eigenvalue weighted by atomic mass is 10.0. The predicted octanol–water partition coefficient (Wildman–Crippen LogP) is 3.17. The molecule has 17 heavy (non-hydrogen) atoms. The molecule has 0 aromatic carbocycles. The van der Waals surface area contributed by atoms with Crippen molar-refractivity contribution in [1.29, 1.82) is 0 Å². The van der Waals surface area contributed by atoms with Crippen molar-refractivity contribution in [3.05, 3.63) is 10.6 Å². The molecule has 0 saturated heterocycles. The minimum Gasteiger partial charge on any atom is -0.345 e. The summed E-state index contributed by atoms with van der Waals surface area (Å²) < 4.78 is 24.5. The van der Waals surface area contributed by atoms with Gasteiger partial charge in [-0.05, 0) is 12.3 Å². The third-order valence-corrected chi connectivity index (χ3v) is 3.71. The number of nitrogens with zero attached hydrogens (tertiary/aromatic N) is 2. The van der Waals surface area contributed by atoms with E-state index in [1.54, 1.807) is 7.05 Å². The van der Waals surface area contributed by atoms with Crippen LogP contribution < -0.4 is 4.90 Å². The number of aromatic nitrogens is 1. The van der Waals surface area contributed by atoms with Gasteiger partial charge in [-0.25, -0.2) is 13.8 Å². The standard InChI is InChI=1S/C11H16F2N2OS/c1-4-7(2)10-8(6-16)17-11(14-10)15(3)5-9(12)13/h6-7,9H,4-5H2,1-3H3. The average molecular weight is 262 g/mol. The average Bonchev–Trinajstić information content (AvgIpc) is 2.71. The van der Waals surface area contributed by atoms with Crippen LogP contribution in [0.5, 0.6) is 0 Å². The minimum atomic E-state index is -2.41. The Morgan fingerprint density at radius 2 is 2.18 bits per heavy atom. The van der Waals surface area contributed by atoms with Crippen LogP contribution in [0.3, 0.4) is 0 Å². The first-order valence-electron chi connectivity index (χ1n) is 5.44. The van der Waals surface area contributed by atoms with Gasteiger partial charge >= 0.3 is 0 Å². The molecule has 0 saturated carbocycles. The lowest BCUT2D eigenvalue weighted by molar-refractivity contribution is 0.112. The molecule has 0 aliphatic heterocycles. The van der Waals surface area contributed by atoms with Gasteiger partial charge in [0.1, 0.15) is 0 Å². The van der Waals surface area contributed by atoms with Crippen molar-refractivity contribution >= 4 is 22.8 Å². The first-order chi connectivity index (χ1) is 7.99. The number of thiazole rings is 1. The largest absolute Gasteiger partial charge is 0.345 e. The zero-order valence-electron chi connectivity index (χ0n) is 10.1. The fourth-order valence-electron chi connectivity index (χ4n) is 1.41. The third-order valence-electron chi connectivity index (χ3n) is 2.59. The molecule has 6 heteroatoms. The van der Waals surface area contributed by atoms with E-state index >= 15 is 0 Å². The van der Waals surface area contributed by atoms with Crippen molar-refractivity contribution in [2.45, 2.75) is 32.6 Å². The number of alkyl halides is 2. The number of hydrogen-bond donors (Lipinski definition) is 0. The van der Waals surface area contributed by atoms with E-state index < -0.39 is 6.43 Å². The zero-order valence-corrected chi connectivity index (χ0v) is 10.9. The van der Waals surface area contributed by atoms with Crippen LogP contribution in [0, 0.1) is 0 Å². The minimum absolute atomic E-state index is 0.167. The van der Waals surface area contributed by atoms with Gasteiger partial charge in [-0.3, -0.25) is 4.79 Å². The molecule has 3 nitrogen and oxygen atoms in total. The van der Waals surface area contributed by atoms with Gasteiger partial charge in [-0.1, -0.05) is 25.2 Å². The first-order valence-corrected chi connectivity index (χ1v) is 6.26. The number of hydrogen-bond acceptors (Lipinski definition) is 4. The van der Waals surface area contributed by atoms with E-state index in [4.69, 9.17) is 0 Å². The van der Waals surface area contributed by atoms with E-state index in [2.05, 4.69) is 4.98 Å². The van der Waals surface area contributed by atoms with Gasteiger partial charge in [-0.15, -0.1) is 0 Å². The van der Waals surface area contributed by atoms with Crippen LogP contribution in [-0.2, 0) is 0 Å². The maximum absolute atomic E-state index is 12.3. The van der Waals surface area contributed by atoms with Crippen molar-refractivity contribution in [2.75, 3.05) is 18.5 Å². The molecule has 1 aromatic heterocycles. The highest BCUT2D eigenvalue weighted by molar-refractivity contribution is 7.17. The zero-order chi connectivity index (χ0) is 13.0. The molecule has 1 heterocycles. The van der Waals surface area contributed by atoms with Crippen LogP contribution in [0.25, 0.3) is 0 Å². The highest BCUT2D eigenvalue weighted by Crippen LogP contribution is 2.30. The summed E-state index contributed by atoms with van der Waals surface area (Å²) in [4.78, 5) is 17.1. The monoisotopic (exact) mass is 262 g/mol. The quantitative estimate of drug-likeness (QED) is 0.738. The van der Waals surface area contributed by atoms with Crippen molar-refractivity contribution in [1.82, 2.24) is 4.98 Å². The highest BCUT2D eigenvalue weighted by Gasteiger charge is 2.19. The second kappa shape index (κ2) is 6.05. The molecule has 1 atom stereocenters. The first kappa shape index (κ1) is 14.0. The van der Waals surface area contributed by atoms with Crippen LogP contribution in [0.4, 0.5) is 13.9 Å². The van der Waals surface area contributed by atoms with Crippen molar-refractivity contribution in [2.24, 2.45) is 0 Å². The summed E-state index contributed by atoms with van der Waals surface area (Å²) in [6.07, 6.45) is -0.794. The molecule has 0 aliphatic carbocycles. The second-order valence-corrected chi connectivity index (χ2v) is 4.95. The van der Waals surface area contributed by atoms with Gasteiger partial charge in [0.25, 0.3) is 6.43 Å². The Hall–Kier alpha value is -1.04. The van der Waals surface area contributed by atoms with Gasteiger partial charge in [0.05, 0.1) is 17.1 Å². The molecule has 0 spiro atoms. The molecule has 1 rings (SSSR count). The summed E-state index contributed by atoms with van der Waals surface area (Å²) in [6.45, 7) is 3.60. The maximum Gasteiger partial charge on any atom is 0.255 e. The lowest BCUT2D eigenvalue weighted by Gasteiger charge is -2.14. The summed E-state index contributed by atoms with van der Waals surface area (Å²) >= 11 is 1.17. The fourth-order valence-corrected chi connectivity index (χ4v) is 2.38. The van der Waals surface area contributed by atoms with E-state index in [1.165, 1.54) is 16.2 Å². The number of anilines is 1. The fraction of sp³-hybridized carbons (Fsp3) is 0.636. The molecular weight excluding hydrogens is 246 g/mol. The van der Waals surface area contributed by atoms with Gasteiger partial charge in [0.2, 0.25) is 0 Å². The third kappa shape index (κ3) is 3.46. The number of aldehydes is 1. The number of halogens is 2. The maximum atomic E-state index is 12.3. The summed E-state index contributed by atoms with van der Waals surface area (Å²) in [5, 5.41) is 0.475. The molecule has 1 unspecified atom stereocenters. The molecule has 96 valence electrons. The molecule has 0 amide bonds. The molecular formula is C11H16F2N2OS. The van der Waals surface area contributed by atoms with Crippen molar-refractivity contribution in [3.8, 4) is 0 Å². The predicted molar refractivity (Wildman–Crippen MR) is 65.5 cm³/mol. The van der Waals surface area contributed by atoms with Gasteiger partial charge in [-0.2, -0.15) is 0 Å². The summed E-state index contributed by atoms with van der Waals surface area (Å²) in [5.41, 5.74) is 0.712. The van der Waals surface area contributed by atoms with Crippen molar-refractivity contribution in [3.63, 3.8) is 0 Å². The smallest absolute Gasteiger partial charge is 0.255 e.